The van der Waals surface area contributed by atoms with E-state index in [1.54, 1.807) is 12.1 Å². The SMILES string of the molecule is O=C(NC1CC1)c1ccc(NCc2ccc(OC(F)F)cc2)c([N+](=O)[O-])c1. The van der Waals surface area contributed by atoms with Crippen LogP contribution in [0, 0.1) is 10.1 Å². The summed E-state index contributed by atoms with van der Waals surface area (Å²) >= 11 is 0. The molecule has 7 nitrogen and oxygen atoms in total. The Morgan fingerprint density at radius 3 is 2.52 bits per heavy atom. The lowest BCUT2D eigenvalue weighted by molar-refractivity contribution is -0.384. The van der Waals surface area contributed by atoms with E-state index in [0.29, 0.717) is 0 Å². The number of nitrogens with one attached hydrogen (secondary N) is 2. The molecule has 0 saturated heterocycles. The molecule has 142 valence electrons. The van der Waals surface area contributed by atoms with Crippen molar-refractivity contribution in [2.24, 2.45) is 0 Å². The van der Waals surface area contributed by atoms with Gasteiger partial charge in [-0.1, -0.05) is 12.1 Å². The Balaban J connectivity index is 1.68. The van der Waals surface area contributed by atoms with E-state index < -0.39 is 11.5 Å². The topological polar surface area (TPSA) is 93.5 Å². The van der Waals surface area contributed by atoms with Crippen molar-refractivity contribution in [1.29, 1.82) is 0 Å². The summed E-state index contributed by atoms with van der Waals surface area (Å²) in [7, 11) is 0. The lowest BCUT2D eigenvalue weighted by atomic mass is 10.1. The summed E-state index contributed by atoms with van der Waals surface area (Å²) < 4.78 is 28.6. The number of alkyl halides is 2. The highest BCUT2D eigenvalue weighted by Gasteiger charge is 2.25. The van der Waals surface area contributed by atoms with Gasteiger partial charge in [-0.05, 0) is 42.7 Å². The van der Waals surface area contributed by atoms with E-state index in [9.17, 15) is 23.7 Å². The van der Waals surface area contributed by atoms with Gasteiger partial charge in [0.1, 0.15) is 11.4 Å². The number of hydrogen-bond acceptors (Lipinski definition) is 5. The van der Waals surface area contributed by atoms with Gasteiger partial charge in [0.05, 0.1) is 4.92 Å². The highest BCUT2D eigenvalue weighted by atomic mass is 19.3. The summed E-state index contributed by atoms with van der Waals surface area (Å²) in [5.74, 6) is -0.299. The number of ether oxygens (including phenoxy) is 1. The Morgan fingerprint density at radius 2 is 1.93 bits per heavy atom. The molecule has 2 aromatic carbocycles. The normalized spacial score (nSPS) is 13.3. The molecular weight excluding hydrogens is 360 g/mol. The van der Waals surface area contributed by atoms with Gasteiger partial charge in [-0.15, -0.1) is 0 Å². The van der Waals surface area contributed by atoms with Crippen molar-refractivity contribution < 1.29 is 23.2 Å². The number of nitro benzene ring substituents is 1. The van der Waals surface area contributed by atoms with Crippen molar-refractivity contribution in [3.8, 4) is 5.75 Å². The zero-order chi connectivity index (χ0) is 19.4. The van der Waals surface area contributed by atoms with Gasteiger partial charge < -0.3 is 15.4 Å². The van der Waals surface area contributed by atoms with Crippen LogP contribution >= 0.6 is 0 Å². The summed E-state index contributed by atoms with van der Waals surface area (Å²) in [6.07, 6.45) is 1.85. The number of carbonyl (C=O) groups excluding carboxylic acids is 1. The largest absolute Gasteiger partial charge is 0.435 e. The Labute approximate surface area is 153 Å². The van der Waals surface area contributed by atoms with E-state index >= 15 is 0 Å². The summed E-state index contributed by atoms with van der Waals surface area (Å²) in [6, 6.07) is 10.3. The zero-order valence-corrected chi connectivity index (χ0v) is 14.2. The minimum Gasteiger partial charge on any atom is -0.435 e. The van der Waals surface area contributed by atoms with Crippen LogP contribution in [0.4, 0.5) is 20.2 Å². The van der Waals surface area contributed by atoms with Crippen molar-refractivity contribution in [2.45, 2.75) is 32.0 Å². The summed E-state index contributed by atoms with van der Waals surface area (Å²) in [5, 5.41) is 17.0. The molecule has 0 heterocycles. The lowest BCUT2D eigenvalue weighted by Gasteiger charge is -2.10. The molecule has 0 radical (unpaired) electrons. The predicted octanol–water partition coefficient (Wildman–Crippen LogP) is 3.70. The molecule has 0 aromatic heterocycles. The van der Waals surface area contributed by atoms with Crippen LogP contribution in [0.25, 0.3) is 0 Å². The smallest absolute Gasteiger partial charge is 0.387 e. The van der Waals surface area contributed by atoms with Gasteiger partial charge in [-0.25, -0.2) is 0 Å². The molecule has 27 heavy (non-hydrogen) atoms. The predicted molar refractivity (Wildman–Crippen MR) is 94.0 cm³/mol. The van der Waals surface area contributed by atoms with Gasteiger partial charge in [0.2, 0.25) is 0 Å². The first kappa shape index (κ1) is 18.6. The van der Waals surface area contributed by atoms with Crippen LogP contribution in [0.1, 0.15) is 28.8 Å². The molecule has 0 aliphatic heterocycles. The van der Waals surface area contributed by atoms with Gasteiger partial charge in [-0.2, -0.15) is 8.78 Å². The molecule has 2 N–H and O–H groups in total. The van der Waals surface area contributed by atoms with E-state index in [2.05, 4.69) is 15.4 Å². The molecule has 2 aromatic rings. The number of halogens is 2. The van der Waals surface area contributed by atoms with Gasteiger partial charge >= 0.3 is 6.61 Å². The van der Waals surface area contributed by atoms with Crippen LogP contribution in [0.15, 0.2) is 42.5 Å². The number of rotatable bonds is 8. The molecule has 0 atom stereocenters. The van der Waals surface area contributed by atoms with Crippen molar-refractivity contribution in [3.63, 3.8) is 0 Å². The van der Waals surface area contributed by atoms with Crippen molar-refractivity contribution >= 4 is 17.3 Å². The van der Waals surface area contributed by atoms with Crippen LogP contribution in [-0.2, 0) is 6.54 Å². The van der Waals surface area contributed by atoms with Crippen LogP contribution in [0.2, 0.25) is 0 Å². The Morgan fingerprint density at radius 1 is 1.22 bits per heavy atom. The minimum atomic E-state index is -2.90. The molecule has 1 aliphatic carbocycles. The number of nitro groups is 1. The fourth-order valence-corrected chi connectivity index (χ4v) is 2.46. The quantitative estimate of drug-likeness (QED) is 0.540. The monoisotopic (exact) mass is 377 g/mol. The fraction of sp³-hybridized carbons (Fsp3) is 0.278. The second-order valence-corrected chi connectivity index (χ2v) is 6.11. The zero-order valence-electron chi connectivity index (χ0n) is 14.2. The van der Waals surface area contributed by atoms with Gasteiger partial charge in [0.25, 0.3) is 11.6 Å². The van der Waals surface area contributed by atoms with Crippen molar-refractivity contribution in [1.82, 2.24) is 5.32 Å². The maximum atomic E-state index is 12.1. The van der Waals surface area contributed by atoms with Crippen molar-refractivity contribution in [2.75, 3.05) is 5.32 Å². The van der Waals surface area contributed by atoms with Gasteiger partial charge in [-0.3, -0.25) is 14.9 Å². The van der Waals surface area contributed by atoms with Crippen LogP contribution in [-0.4, -0.2) is 23.5 Å². The maximum absolute atomic E-state index is 12.1. The minimum absolute atomic E-state index is 0.0331. The van der Waals surface area contributed by atoms with E-state index in [0.717, 1.165) is 18.4 Å². The molecule has 3 rings (SSSR count). The number of amides is 1. The second kappa shape index (κ2) is 7.98. The third kappa shape index (κ3) is 5.13. The molecule has 0 spiro atoms. The number of anilines is 1. The Kier molecular flexibility index (Phi) is 5.49. The van der Waals surface area contributed by atoms with Crippen LogP contribution < -0.4 is 15.4 Å². The molecule has 1 aliphatic rings. The average molecular weight is 377 g/mol. The number of nitrogens with zero attached hydrogens (tertiary/aromatic N) is 1. The third-order valence-electron chi connectivity index (χ3n) is 4.00. The maximum Gasteiger partial charge on any atom is 0.387 e. The van der Waals surface area contributed by atoms with Gasteiger partial charge in [0.15, 0.2) is 0 Å². The summed E-state index contributed by atoms with van der Waals surface area (Å²) in [4.78, 5) is 22.8. The Bertz CT molecular complexity index is 839. The van der Waals surface area contributed by atoms with Gasteiger partial charge in [0, 0.05) is 24.2 Å². The molecule has 1 saturated carbocycles. The number of hydrogen-bond donors (Lipinski definition) is 2. The number of carbonyl (C=O) groups is 1. The molecule has 9 heteroatoms. The van der Waals surface area contributed by atoms with Crippen molar-refractivity contribution in [3.05, 3.63) is 63.7 Å². The molecule has 0 unspecified atom stereocenters. The Hall–Kier alpha value is -3.23. The average Bonchev–Trinajstić information content (AvgIpc) is 3.44. The molecule has 1 fully saturated rings. The fourth-order valence-electron chi connectivity index (χ4n) is 2.46. The first-order chi connectivity index (χ1) is 12.9. The lowest BCUT2D eigenvalue weighted by Crippen LogP contribution is -2.25. The summed E-state index contributed by atoms with van der Waals surface area (Å²) in [5.41, 5.74) is 1.00. The van der Waals surface area contributed by atoms with E-state index in [1.165, 1.54) is 30.3 Å². The van der Waals surface area contributed by atoms with E-state index in [4.69, 9.17) is 0 Å². The highest BCUT2D eigenvalue weighted by molar-refractivity contribution is 5.96. The standard InChI is InChI=1S/C18H17F2N3O4/c19-18(20)27-14-6-1-11(2-7-14)10-21-15-8-3-12(9-16(15)23(25)26)17(24)22-13-4-5-13/h1-3,6-9,13,18,21H,4-5,10H2,(H,22,24). The molecular formula is C18H17F2N3O4. The van der Waals surface area contributed by atoms with E-state index in [-0.39, 0.29) is 41.2 Å². The first-order valence-corrected chi connectivity index (χ1v) is 8.29. The third-order valence-corrected chi connectivity index (χ3v) is 4.00. The highest BCUT2D eigenvalue weighted by Crippen LogP contribution is 2.27. The first-order valence-electron chi connectivity index (χ1n) is 8.29. The molecule has 0 bridgehead atoms. The number of benzene rings is 2. The molecule has 1 amide bonds. The van der Waals surface area contributed by atoms with Crippen LogP contribution in [0.5, 0.6) is 5.75 Å². The van der Waals surface area contributed by atoms with Crippen LogP contribution in [0.3, 0.4) is 0 Å². The summed E-state index contributed by atoms with van der Waals surface area (Å²) in [6.45, 7) is -2.66. The second-order valence-electron chi connectivity index (χ2n) is 6.11. The van der Waals surface area contributed by atoms with E-state index in [1.807, 2.05) is 0 Å².